The highest BCUT2D eigenvalue weighted by atomic mass is 16.5. The Hall–Kier alpha value is -1.68. The van der Waals surface area contributed by atoms with Crippen molar-refractivity contribution >= 4 is 6.03 Å². The Morgan fingerprint density at radius 2 is 2.10 bits per heavy atom. The Bertz CT molecular complexity index is 847. The largest absolute Gasteiger partial charge is 0.381 e. The monoisotopic (exact) mass is 430 g/mol. The third-order valence-corrected chi connectivity index (χ3v) is 8.59. The number of amides is 2. The molecule has 2 amide bonds. The van der Waals surface area contributed by atoms with Gasteiger partial charge < -0.3 is 29.9 Å². The highest BCUT2D eigenvalue weighted by molar-refractivity contribution is 5.78. The molecule has 1 aromatic rings. The lowest BCUT2D eigenvalue weighted by Gasteiger charge is -2.56. The van der Waals surface area contributed by atoms with E-state index in [0.29, 0.717) is 6.61 Å². The number of hydrogen-bond donors (Lipinski definition) is 2. The quantitative estimate of drug-likeness (QED) is 0.694. The molecular weight excluding hydrogens is 396 g/mol. The minimum absolute atomic E-state index is 0.0281. The molecule has 9 heteroatoms. The van der Waals surface area contributed by atoms with E-state index >= 15 is 0 Å². The molecular formula is C22H34N6O3. The van der Waals surface area contributed by atoms with Crippen molar-refractivity contribution in [3.63, 3.8) is 0 Å². The summed E-state index contributed by atoms with van der Waals surface area (Å²) in [5, 5.41) is 11.9. The van der Waals surface area contributed by atoms with Gasteiger partial charge in [0.2, 0.25) is 0 Å². The highest BCUT2D eigenvalue weighted by Crippen LogP contribution is 2.48. The number of likely N-dealkylation sites (N-methyl/N-ethyl adjacent to an activating group) is 1. The van der Waals surface area contributed by atoms with Crippen LogP contribution in [-0.4, -0.2) is 102 Å². The zero-order valence-corrected chi connectivity index (χ0v) is 18.6. The van der Waals surface area contributed by atoms with Crippen molar-refractivity contribution < 1.29 is 14.3 Å². The molecule has 9 nitrogen and oxygen atoms in total. The molecule has 9 atom stereocenters. The molecule has 4 aliphatic heterocycles. The van der Waals surface area contributed by atoms with Crippen LogP contribution in [-0.2, 0) is 16.5 Å². The van der Waals surface area contributed by atoms with E-state index < -0.39 is 0 Å². The summed E-state index contributed by atoms with van der Waals surface area (Å²) < 4.78 is 14.7. The van der Waals surface area contributed by atoms with Gasteiger partial charge in [0, 0.05) is 51.8 Å². The van der Waals surface area contributed by atoms with E-state index in [0.717, 1.165) is 37.9 Å². The topological polar surface area (TPSA) is 83.9 Å². The SMILES string of the molecule is COC1CC2NCC3C4C2C(OCC2NCCCC2N4C(=O)N3C)C1c1cnn(C)c1. The summed E-state index contributed by atoms with van der Waals surface area (Å²) in [6.45, 7) is 2.44. The van der Waals surface area contributed by atoms with E-state index in [1.54, 1.807) is 7.11 Å². The molecule has 1 aromatic heterocycles. The third-order valence-electron chi connectivity index (χ3n) is 8.59. The van der Waals surface area contributed by atoms with Crippen molar-refractivity contribution in [2.45, 2.75) is 67.6 Å². The molecule has 0 bridgehead atoms. The summed E-state index contributed by atoms with van der Waals surface area (Å²) in [4.78, 5) is 17.7. The van der Waals surface area contributed by atoms with E-state index in [4.69, 9.17) is 9.47 Å². The highest BCUT2D eigenvalue weighted by Gasteiger charge is 2.61. The lowest BCUT2D eigenvalue weighted by atomic mass is 9.65. The van der Waals surface area contributed by atoms with Crippen molar-refractivity contribution in [1.29, 1.82) is 0 Å². The second-order valence-corrected chi connectivity index (χ2v) is 10.0. The molecule has 170 valence electrons. The van der Waals surface area contributed by atoms with Gasteiger partial charge in [0.25, 0.3) is 0 Å². The van der Waals surface area contributed by atoms with Gasteiger partial charge in [-0.15, -0.1) is 0 Å². The minimum Gasteiger partial charge on any atom is -0.381 e. The van der Waals surface area contributed by atoms with Crippen LogP contribution in [0.15, 0.2) is 12.4 Å². The van der Waals surface area contributed by atoms with Gasteiger partial charge in [-0.2, -0.15) is 5.10 Å². The first kappa shape index (κ1) is 20.0. The molecule has 1 aliphatic carbocycles. The average Bonchev–Trinajstić information content (AvgIpc) is 3.31. The number of piperidine rings is 2. The van der Waals surface area contributed by atoms with Gasteiger partial charge in [-0.3, -0.25) is 4.68 Å². The van der Waals surface area contributed by atoms with Crippen LogP contribution < -0.4 is 10.6 Å². The van der Waals surface area contributed by atoms with Crippen LogP contribution >= 0.6 is 0 Å². The predicted molar refractivity (Wildman–Crippen MR) is 114 cm³/mol. The van der Waals surface area contributed by atoms with Gasteiger partial charge in [0.15, 0.2) is 0 Å². The van der Waals surface area contributed by atoms with E-state index in [2.05, 4.69) is 26.8 Å². The van der Waals surface area contributed by atoms with E-state index in [1.807, 2.05) is 29.9 Å². The van der Waals surface area contributed by atoms with Gasteiger partial charge in [-0.1, -0.05) is 0 Å². The summed E-state index contributed by atoms with van der Waals surface area (Å²) >= 11 is 0. The van der Waals surface area contributed by atoms with Crippen molar-refractivity contribution in [2.75, 3.05) is 33.9 Å². The summed E-state index contributed by atoms with van der Waals surface area (Å²) in [7, 11) is 5.73. The van der Waals surface area contributed by atoms with Crippen LogP contribution in [0.25, 0.3) is 0 Å². The van der Waals surface area contributed by atoms with E-state index in [-0.39, 0.29) is 60.3 Å². The van der Waals surface area contributed by atoms with Crippen LogP contribution in [0.4, 0.5) is 4.79 Å². The number of nitrogens with one attached hydrogen (secondary N) is 2. The van der Waals surface area contributed by atoms with Gasteiger partial charge >= 0.3 is 6.03 Å². The lowest BCUT2D eigenvalue weighted by Crippen LogP contribution is -2.71. The molecule has 9 unspecified atom stereocenters. The lowest BCUT2D eigenvalue weighted by molar-refractivity contribution is -0.141. The number of hydrogen-bond acceptors (Lipinski definition) is 6. The number of methoxy groups -OCH3 is 1. The second kappa shape index (κ2) is 7.43. The fourth-order valence-electron chi connectivity index (χ4n) is 7.21. The number of nitrogens with zero attached hydrogens (tertiary/aromatic N) is 4. The molecule has 5 fully saturated rings. The molecule has 5 aliphatic rings. The molecule has 2 N–H and O–H groups in total. The Balaban J connectivity index is 1.46. The number of urea groups is 1. The second-order valence-electron chi connectivity index (χ2n) is 10.0. The number of aryl methyl sites for hydroxylation is 1. The van der Waals surface area contributed by atoms with Crippen LogP contribution in [0.1, 0.15) is 30.7 Å². The van der Waals surface area contributed by atoms with Gasteiger partial charge in [0.1, 0.15) is 0 Å². The van der Waals surface area contributed by atoms with Crippen LogP contribution in [0.3, 0.4) is 0 Å². The number of rotatable bonds is 2. The summed E-state index contributed by atoms with van der Waals surface area (Å²) in [6, 6.07) is 1.18. The molecule has 1 saturated carbocycles. The molecule has 0 radical (unpaired) electrons. The minimum atomic E-state index is -0.0281. The van der Waals surface area contributed by atoms with Crippen LogP contribution in [0.5, 0.6) is 0 Å². The first-order valence-electron chi connectivity index (χ1n) is 11.7. The van der Waals surface area contributed by atoms with Crippen LogP contribution in [0.2, 0.25) is 0 Å². The van der Waals surface area contributed by atoms with Crippen molar-refractivity contribution in [2.24, 2.45) is 13.0 Å². The van der Waals surface area contributed by atoms with E-state index in [9.17, 15) is 4.79 Å². The van der Waals surface area contributed by atoms with Crippen LogP contribution in [0, 0.1) is 5.92 Å². The zero-order chi connectivity index (χ0) is 21.3. The molecule has 5 heterocycles. The maximum Gasteiger partial charge on any atom is 0.320 e. The summed E-state index contributed by atoms with van der Waals surface area (Å²) in [5.74, 6) is 0.329. The van der Waals surface area contributed by atoms with Crippen molar-refractivity contribution in [3.8, 4) is 0 Å². The third kappa shape index (κ3) is 2.90. The number of carbonyl (C=O) groups is 1. The number of carbonyl (C=O) groups excluding carboxylic acids is 1. The molecule has 31 heavy (non-hydrogen) atoms. The predicted octanol–water partition coefficient (Wildman–Crippen LogP) is 0.134. The maximum atomic E-state index is 13.5. The molecule has 6 rings (SSSR count). The number of aromatic nitrogens is 2. The van der Waals surface area contributed by atoms with Crippen molar-refractivity contribution in [3.05, 3.63) is 18.0 Å². The Morgan fingerprint density at radius 1 is 1.23 bits per heavy atom. The molecule has 4 saturated heterocycles. The molecule has 0 spiro atoms. The van der Waals surface area contributed by atoms with Gasteiger partial charge in [0.05, 0.1) is 49.2 Å². The normalized spacial score (nSPS) is 44.5. The first-order valence-corrected chi connectivity index (χ1v) is 11.7. The maximum absolute atomic E-state index is 13.5. The fourth-order valence-corrected chi connectivity index (χ4v) is 7.21. The Kier molecular flexibility index (Phi) is 4.79. The average molecular weight is 431 g/mol. The van der Waals surface area contributed by atoms with Crippen molar-refractivity contribution in [1.82, 2.24) is 30.2 Å². The number of fused-ring (bicyclic) bond motifs is 2. The number of ether oxygens (including phenoxy) is 2. The summed E-state index contributed by atoms with van der Waals surface area (Å²) in [5.41, 5.74) is 1.16. The smallest absolute Gasteiger partial charge is 0.320 e. The standard InChI is InChI=1S/C22H34N6O3/c1-26-10-12(8-25-26)18-17(30-3)7-13-19-20-16(9-24-13)27(2)22(29)28(20)15-5-4-6-23-14(15)11-31-21(18)19/h8,10,13-21,23-24H,4-7,9,11H2,1-3H3. The summed E-state index contributed by atoms with van der Waals surface area (Å²) in [6.07, 6.45) is 7.15. The fraction of sp³-hybridized carbons (Fsp3) is 0.818. The zero-order valence-electron chi connectivity index (χ0n) is 18.6. The first-order chi connectivity index (χ1) is 15.1. The van der Waals surface area contributed by atoms with Gasteiger partial charge in [-0.25, -0.2) is 4.79 Å². The van der Waals surface area contributed by atoms with E-state index in [1.165, 1.54) is 0 Å². The molecule has 0 aromatic carbocycles. The Labute approximate surface area is 183 Å². The van der Waals surface area contributed by atoms with Gasteiger partial charge in [-0.05, 0) is 31.4 Å². The Morgan fingerprint density at radius 3 is 2.87 bits per heavy atom.